The minimum Gasteiger partial charge on any atom is -0.489 e. The normalized spacial score (nSPS) is 22.7. The van der Waals surface area contributed by atoms with E-state index in [1.807, 2.05) is 83.8 Å². The molecule has 0 N–H and O–H groups in total. The Balaban J connectivity index is 1.36. The fourth-order valence-electron chi connectivity index (χ4n) is 4.70. The number of amides is 1. The number of ether oxygens (including phenoxy) is 1. The Bertz CT molecular complexity index is 1210. The van der Waals surface area contributed by atoms with Crippen molar-refractivity contribution in [3.8, 4) is 5.75 Å². The molecule has 35 heavy (non-hydrogen) atoms. The molecule has 1 saturated heterocycles. The number of aliphatic imine (C=N–C) groups is 1. The van der Waals surface area contributed by atoms with Crippen molar-refractivity contribution in [2.24, 2.45) is 10.9 Å². The van der Waals surface area contributed by atoms with Gasteiger partial charge in [0.1, 0.15) is 12.4 Å². The van der Waals surface area contributed by atoms with Gasteiger partial charge in [0.05, 0.1) is 10.6 Å². The summed E-state index contributed by atoms with van der Waals surface area (Å²) in [5, 5.41) is 0.786. The first-order valence-electron chi connectivity index (χ1n) is 12.3. The average Bonchev–Trinajstić information content (AvgIpc) is 3.19. The molecule has 2 aliphatic rings. The van der Waals surface area contributed by atoms with Crippen LogP contribution >= 0.6 is 11.8 Å². The summed E-state index contributed by atoms with van der Waals surface area (Å²) in [4.78, 5) is 21.2. The Morgan fingerprint density at radius 2 is 1.63 bits per heavy atom. The second-order valence-corrected chi connectivity index (χ2v) is 10.2. The first-order valence-corrected chi connectivity index (χ1v) is 13.1. The average molecular weight is 483 g/mol. The van der Waals surface area contributed by atoms with E-state index in [4.69, 9.17) is 9.73 Å². The largest absolute Gasteiger partial charge is 0.489 e. The summed E-state index contributed by atoms with van der Waals surface area (Å²) in [5.41, 5.74) is 2.98. The predicted molar refractivity (Wildman–Crippen MR) is 145 cm³/mol. The van der Waals surface area contributed by atoms with E-state index >= 15 is 0 Å². The molecule has 0 radical (unpaired) electrons. The van der Waals surface area contributed by atoms with Crippen molar-refractivity contribution in [1.29, 1.82) is 0 Å². The van der Waals surface area contributed by atoms with Crippen molar-refractivity contribution in [2.45, 2.75) is 45.3 Å². The molecule has 5 rings (SSSR count). The summed E-state index contributed by atoms with van der Waals surface area (Å²) in [6.07, 6.45) is 6.55. The van der Waals surface area contributed by atoms with Crippen molar-refractivity contribution in [3.05, 3.63) is 101 Å². The van der Waals surface area contributed by atoms with Gasteiger partial charge in [-0.05, 0) is 72.0 Å². The maximum absolute atomic E-state index is 13.6. The lowest BCUT2D eigenvalue weighted by Crippen LogP contribution is -2.44. The molecule has 1 amide bonds. The maximum Gasteiger partial charge on any atom is 0.267 e. The summed E-state index contributed by atoms with van der Waals surface area (Å²) in [5.74, 6) is 1.34. The summed E-state index contributed by atoms with van der Waals surface area (Å²) in [6.45, 7) is 2.79. The highest BCUT2D eigenvalue weighted by Crippen LogP contribution is 2.40. The molecule has 1 saturated carbocycles. The van der Waals surface area contributed by atoms with Crippen LogP contribution in [-0.2, 0) is 11.4 Å². The van der Waals surface area contributed by atoms with Gasteiger partial charge < -0.3 is 4.74 Å². The molecule has 0 unspecified atom stereocenters. The summed E-state index contributed by atoms with van der Waals surface area (Å²) in [6, 6.07) is 28.1. The van der Waals surface area contributed by atoms with Crippen molar-refractivity contribution < 1.29 is 9.53 Å². The standard InChI is InChI=1S/C30H30N2O2S/c1-22-10-8-9-15-27(22)32-29(33)28(35-30(32)31-25-13-6-3-7-14-25)20-23-16-18-26(19-17-23)34-21-24-11-4-2-5-12-24/h2-7,11-14,16-20,22,27H,8-10,15,21H2,1H3/b28-20-,31-30?/t22-,27+/m0/s1. The Hall–Kier alpha value is -3.31. The number of benzene rings is 3. The lowest BCUT2D eigenvalue weighted by atomic mass is 9.85. The summed E-state index contributed by atoms with van der Waals surface area (Å²) >= 11 is 1.48. The Morgan fingerprint density at radius 1 is 0.943 bits per heavy atom. The first-order chi connectivity index (χ1) is 17.2. The number of thioether (sulfide) groups is 1. The topological polar surface area (TPSA) is 41.9 Å². The zero-order valence-corrected chi connectivity index (χ0v) is 20.8. The molecule has 1 aliphatic carbocycles. The van der Waals surface area contributed by atoms with E-state index in [2.05, 4.69) is 19.1 Å². The van der Waals surface area contributed by atoms with Crippen LogP contribution in [0.3, 0.4) is 0 Å². The number of para-hydroxylation sites is 1. The van der Waals surface area contributed by atoms with Crippen LogP contribution in [0.2, 0.25) is 0 Å². The number of rotatable bonds is 6. The van der Waals surface area contributed by atoms with E-state index in [1.165, 1.54) is 18.2 Å². The molecule has 2 fully saturated rings. The number of nitrogens with zero attached hydrogens (tertiary/aromatic N) is 2. The van der Waals surface area contributed by atoms with Crippen LogP contribution in [0.1, 0.15) is 43.7 Å². The van der Waals surface area contributed by atoms with E-state index in [-0.39, 0.29) is 11.9 Å². The number of amidine groups is 1. The van der Waals surface area contributed by atoms with Gasteiger partial charge in [-0.3, -0.25) is 9.69 Å². The number of carbonyl (C=O) groups is 1. The monoisotopic (exact) mass is 482 g/mol. The Labute approximate surface area is 211 Å². The molecule has 2 atom stereocenters. The van der Waals surface area contributed by atoms with Crippen LogP contribution in [0.4, 0.5) is 5.69 Å². The fraction of sp³-hybridized carbons (Fsp3) is 0.267. The molecule has 1 aliphatic heterocycles. The molecule has 178 valence electrons. The zero-order valence-electron chi connectivity index (χ0n) is 20.0. The van der Waals surface area contributed by atoms with Gasteiger partial charge in [-0.25, -0.2) is 4.99 Å². The van der Waals surface area contributed by atoms with Crippen molar-refractivity contribution in [2.75, 3.05) is 0 Å². The zero-order chi connectivity index (χ0) is 24.0. The lowest BCUT2D eigenvalue weighted by molar-refractivity contribution is -0.124. The minimum atomic E-state index is 0.0628. The number of hydrogen-bond donors (Lipinski definition) is 0. The molecule has 0 spiro atoms. The van der Waals surface area contributed by atoms with Gasteiger partial charge in [-0.1, -0.05) is 80.4 Å². The quantitative estimate of drug-likeness (QED) is 0.343. The molecule has 4 nitrogen and oxygen atoms in total. The van der Waals surface area contributed by atoms with Crippen molar-refractivity contribution in [3.63, 3.8) is 0 Å². The number of carbonyl (C=O) groups excluding carboxylic acids is 1. The molecule has 5 heteroatoms. The first kappa shape index (κ1) is 23.4. The highest BCUT2D eigenvalue weighted by atomic mass is 32.2. The van der Waals surface area contributed by atoms with Gasteiger partial charge >= 0.3 is 0 Å². The minimum absolute atomic E-state index is 0.0628. The third kappa shape index (κ3) is 5.68. The Morgan fingerprint density at radius 3 is 2.34 bits per heavy atom. The van der Waals surface area contributed by atoms with Crippen LogP contribution in [0.15, 0.2) is 94.8 Å². The second-order valence-electron chi connectivity index (χ2n) is 9.19. The van der Waals surface area contributed by atoms with Gasteiger partial charge in [-0.15, -0.1) is 0 Å². The van der Waals surface area contributed by atoms with E-state index < -0.39 is 0 Å². The van der Waals surface area contributed by atoms with Crippen molar-refractivity contribution >= 4 is 34.6 Å². The molecule has 0 bridgehead atoms. The maximum atomic E-state index is 13.6. The van der Waals surface area contributed by atoms with Crippen LogP contribution in [0.25, 0.3) is 6.08 Å². The van der Waals surface area contributed by atoms with Crippen LogP contribution < -0.4 is 4.74 Å². The SMILES string of the molecule is C[C@H]1CCCC[C@H]1N1C(=O)/C(=C/c2ccc(OCc3ccccc3)cc2)SC1=Nc1ccccc1. The third-order valence-electron chi connectivity index (χ3n) is 6.64. The van der Waals surface area contributed by atoms with Gasteiger partial charge in [0.15, 0.2) is 5.17 Å². The molecule has 3 aromatic carbocycles. The lowest BCUT2D eigenvalue weighted by Gasteiger charge is -2.35. The van der Waals surface area contributed by atoms with E-state index in [0.717, 1.165) is 51.9 Å². The fourth-order valence-corrected chi connectivity index (χ4v) is 5.75. The second kappa shape index (κ2) is 11.0. The summed E-state index contributed by atoms with van der Waals surface area (Å²) < 4.78 is 5.91. The highest BCUT2D eigenvalue weighted by molar-refractivity contribution is 8.18. The van der Waals surface area contributed by atoms with Gasteiger partial charge in [0.2, 0.25) is 0 Å². The van der Waals surface area contributed by atoms with Gasteiger partial charge in [0.25, 0.3) is 5.91 Å². The summed E-state index contributed by atoms with van der Waals surface area (Å²) in [7, 11) is 0. The smallest absolute Gasteiger partial charge is 0.267 e. The van der Waals surface area contributed by atoms with E-state index in [1.54, 1.807) is 0 Å². The highest BCUT2D eigenvalue weighted by Gasteiger charge is 2.41. The van der Waals surface area contributed by atoms with E-state index in [0.29, 0.717) is 12.5 Å². The molecular weight excluding hydrogens is 452 g/mol. The Kier molecular flexibility index (Phi) is 7.34. The van der Waals surface area contributed by atoms with Gasteiger partial charge in [-0.2, -0.15) is 0 Å². The van der Waals surface area contributed by atoms with Crippen molar-refractivity contribution in [1.82, 2.24) is 4.90 Å². The van der Waals surface area contributed by atoms with Crippen LogP contribution in [0, 0.1) is 5.92 Å². The predicted octanol–water partition coefficient (Wildman–Crippen LogP) is 7.45. The van der Waals surface area contributed by atoms with E-state index in [9.17, 15) is 4.79 Å². The number of hydrogen-bond acceptors (Lipinski definition) is 4. The van der Waals surface area contributed by atoms with Gasteiger partial charge in [0, 0.05) is 6.04 Å². The molecule has 1 heterocycles. The van der Waals surface area contributed by atoms with Crippen LogP contribution in [-0.4, -0.2) is 22.0 Å². The third-order valence-corrected chi connectivity index (χ3v) is 7.62. The molecule has 3 aromatic rings. The molecular formula is C30H30N2O2S. The van der Waals surface area contributed by atoms with Crippen LogP contribution in [0.5, 0.6) is 5.75 Å². The molecule has 0 aromatic heterocycles.